The molecule has 10 heteroatoms. The zero-order valence-corrected chi connectivity index (χ0v) is 24.5. The Labute approximate surface area is 226 Å². The molecule has 1 unspecified atom stereocenters. The summed E-state index contributed by atoms with van der Waals surface area (Å²) in [5, 5.41) is 9.20. The van der Waals surface area contributed by atoms with E-state index in [0.29, 0.717) is 22.9 Å². The van der Waals surface area contributed by atoms with Gasteiger partial charge in [0.2, 0.25) is 10.0 Å². The van der Waals surface area contributed by atoms with Crippen molar-refractivity contribution in [2.75, 3.05) is 20.6 Å². The van der Waals surface area contributed by atoms with Gasteiger partial charge in [-0.15, -0.1) is 0 Å². The van der Waals surface area contributed by atoms with Crippen LogP contribution in [0.4, 0.5) is 0 Å². The van der Waals surface area contributed by atoms with Crippen molar-refractivity contribution in [1.82, 2.24) is 13.2 Å². The minimum absolute atomic E-state index is 0.179. The Morgan fingerprint density at radius 1 is 1.11 bits per heavy atom. The van der Waals surface area contributed by atoms with Gasteiger partial charge in [0.1, 0.15) is 0 Å². The summed E-state index contributed by atoms with van der Waals surface area (Å²) in [6.45, 7) is 8.19. The van der Waals surface area contributed by atoms with Gasteiger partial charge in [0.25, 0.3) is 10.0 Å². The Bertz CT molecular complexity index is 1600. The summed E-state index contributed by atoms with van der Waals surface area (Å²) in [4.78, 5) is 2.44. The average Bonchev–Trinajstić information content (AvgIpc) is 3.42. The first-order valence-electron chi connectivity index (χ1n) is 12.7. The Hall–Kier alpha value is -2.71. The molecule has 2 aromatic carbocycles. The van der Waals surface area contributed by atoms with Crippen LogP contribution in [-0.4, -0.2) is 62.2 Å². The summed E-state index contributed by atoms with van der Waals surface area (Å²) in [6, 6.07) is 13.8. The van der Waals surface area contributed by atoms with Crippen LogP contribution in [-0.2, 0) is 26.5 Å². The van der Waals surface area contributed by atoms with Crippen LogP contribution in [0.3, 0.4) is 0 Å². The highest BCUT2D eigenvalue weighted by atomic mass is 32.2. The van der Waals surface area contributed by atoms with Crippen molar-refractivity contribution >= 4 is 30.9 Å². The molecule has 1 aliphatic heterocycles. The Morgan fingerprint density at radius 3 is 2.32 bits per heavy atom. The summed E-state index contributed by atoms with van der Waals surface area (Å²) in [6.07, 6.45) is 4.35. The van der Waals surface area contributed by atoms with Crippen molar-refractivity contribution < 1.29 is 16.8 Å². The fraction of sp³-hybridized carbons (Fsp3) is 0.464. The van der Waals surface area contributed by atoms with E-state index in [0.717, 1.165) is 30.5 Å². The lowest BCUT2D eigenvalue weighted by atomic mass is 10.0. The summed E-state index contributed by atoms with van der Waals surface area (Å²) in [5.41, 5.74) is 1.85. The molecule has 0 spiro atoms. The van der Waals surface area contributed by atoms with Crippen molar-refractivity contribution in [3.63, 3.8) is 0 Å². The summed E-state index contributed by atoms with van der Waals surface area (Å²) in [5.74, 6) is 0. The van der Waals surface area contributed by atoms with Gasteiger partial charge in [0.15, 0.2) is 5.25 Å². The Kier molecular flexibility index (Phi) is 7.53. The molecule has 1 aliphatic rings. The zero-order valence-electron chi connectivity index (χ0n) is 22.8. The highest BCUT2D eigenvalue weighted by molar-refractivity contribution is 7.90. The molecule has 0 bridgehead atoms. The van der Waals surface area contributed by atoms with Gasteiger partial charge in [-0.25, -0.2) is 20.8 Å². The predicted octanol–water partition coefficient (Wildman–Crippen LogP) is 4.45. The molecule has 1 aromatic heterocycles. The molecule has 38 heavy (non-hydrogen) atoms. The van der Waals surface area contributed by atoms with Gasteiger partial charge in [-0.05, 0) is 95.9 Å². The molecule has 2 atom stereocenters. The standard InChI is InChI=1S/C28H36N4O4S2/c1-20-9-12-24(13-10-20)37(33,34)32-19-22(16-23-8-7-15-30(23)5)25-17-21(11-14-26(25)32)27(18-29)38(35,36)31(6)28(2,3)4/h9-14,17,19,23,27H,7-8,15-16H2,1-6H3/t23-,27?/m1/s1. The van der Waals surface area contributed by atoms with Crippen LogP contribution in [0.5, 0.6) is 0 Å². The minimum atomic E-state index is -4.00. The summed E-state index contributed by atoms with van der Waals surface area (Å²) >= 11 is 0. The lowest BCUT2D eigenvalue weighted by Gasteiger charge is -2.32. The van der Waals surface area contributed by atoms with Gasteiger partial charge in [-0.3, -0.25) is 0 Å². The molecule has 204 valence electrons. The highest BCUT2D eigenvalue weighted by Gasteiger charge is 2.37. The van der Waals surface area contributed by atoms with Crippen molar-refractivity contribution in [3.8, 4) is 6.07 Å². The van der Waals surface area contributed by atoms with Gasteiger partial charge in [0.05, 0.1) is 16.5 Å². The molecular weight excluding hydrogens is 520 g/mol. The molecule has 0 aliphatic carbocycles. The molecule has 2 heterocycles. The van der Waals surface area contributed by atoms with Gasteiger partial charge in [-0.2, -0.15) is 9.57 Å². The molecule has 0 radical (unpaired) electrons. The van der Waals surface area contributed by atoms with Gasteiger partial charge in [-0.1, -0.05) is 23.8 Å². The number of benzene rings is 2. The van der Waals surface area contributed by atoms with E-state index in [1.165, 1.54) is 15.3 Å². The molecule has 1 saturated heterocycles. The first kappa shape index (κ1) is 28.3. The van der Waals surface area contributed by atoms with Crippen LogP contribution >= 0.6 is 0 Å². The van der Waals surface area contributed by atoms with E-state index in [1.807, 2.05) is 13.0 Å². The fourth-order valence-corrected chi connectivity index (χ4v) is 8.07. The number of nitrogens with zero attached hydrogens (tertiary/aromatic N) is 4. The van der Waals surface area contributed by atoms with Gasteiger partial charge < -0.3 is 4.90 Å². The second kappa shape index (κ2) is 10.1. The minimum Gasteiger partial charge on any atom is -0.303 e. The van der Waals surface area contributed by atoms with Crippen LogP contribution in [0, 0.1) is 18.3 Å². The third kappa shape index (κ3) is 5.13. The Morgan fingerprint density at radius 2 is 1.76 bits per heavy atom. The number of sulfonamides is 1. The van der Waals surface area contributed by atoms with E-state index >= 15 is 0 Å². The molecule has 0 amide bonds. The van der Waals surface area contributed by atoms with E-state index in [-0.39, 0.29) is 10.9 Å². The van der Waals surface area contributed by atoms with Crippen molar-refractivity contribution in [2.45, 2.75) is 68.7 Å². The topological polar surface area (TPSA) is 103 Å². The number of aryl methyl sites for hydroxylation is 1. The maximum absolute atomic E-state index is 13.7. The predicted molar refractivity (Wildman–Crippen MR) is 150 cm³/mol. The second-order valence-corrected chi connectivity index (χ2v) is 15.1. The molecule has 0 saturated carbocycles. The van der Waals surface area contributed by atoms with Crippen molar-refractivity contribution in [1.29, 1.82) is 5.26 Å². The number of rotatable bonds is 7. The molecular formula is C28H36N4O4S2. The van der Waals surface area contributed by atoms with Gasteiger partial charge >= 0.3 is 0 Å². The SMILES string of the molecule is Cc1ccc(S(=O)(=O)n2cc(C[C@H]3CCCN3C)c3cc(C(C#N)S(=O)(=O)N(C)C(C)(C)C)ccc32)cc1. The lowest BCUT2D eigenvalue weighted by Crippen LogP contribution is -2.44. The van der Waals surface area contributed by atoms with E-state index < -0.39 is 30.8 Å². The number of aromatic nitrogens is 1. The number of hydrogen-bond acceptors (Lipinski definition) is 6. The van der Waals surface area contributed by atoms with Crippen LogP contribution in [0.2, 0.25) is 0 Å². The first-order valence-corrected chi connectivity index (χ1v) is 15.7. The van der Waals surface area contributed by atoms with Crippen molar-refractivity contribution in [2.24, 2.45) is 0 Å². The third-order valence-corrected chi connectivity index (χ3v) is 11.6. The maximum atomic E-state index is 13.7. The lowest BCUT2D eigenvalue weighted by molar-refractivity contribution is 0.290. The van der Waals surface area contributed by atoms with Crippen LogP contribution in [0.25, 0.3) is 10.9 Å². The molecule has 4 rings (SSSR count). The number of likely N-dealkylation sites (tertiary alicyclic amines) is 1. The number of likely N-dealkylation sites (N-methyl/N-ethyl adjacent to an activating group) is 1. The maximum Gasteiger partial charge on any atom is 0.268 e. The zero-order chi connectivity index (χ0) is 28.0. The van der Waals surface area contributed by atoms with E-state index in [4.69, 9.17) is 0 Å². The normalized spacial score (nSPS) is 18.2. The van der Waals surface area contributed by atoms with Crippen LogP contribution in [0.15, 0.2) is 53.6 Å². The van der Waals surface area contributed by atoms with Crippen molar-refractivity contribution in [3.05, 3.63) is 65.4 Å². The molecule has 8 nitrogen and oxygen atoms in total. The molecule has 0 N–H and O–H groups in total. The van der Waals surface area contributed by atoms with E-state index in [9.17, 15) is 22.1 Å². The van der Waals surface area contributed by atoms with E-state index in [1.54, 1.807) is 69.4 Å². The van der Waals surface area contributed by atoms with Crippen LogP contribution in [0.1, 0.15) is 55.6 Å². The third-order valence-electron chi connectivity index (χ3n) is 7.63. The van der Waals surface area contributed by atoms with Gasteiger partial charge in [0, 0.05) is 30.2 Å². The number of hydrogen-bond donors (Lipinski definition) is 0. The average molecular weight is 557 g/mol. The second-order valence-electron chi connectivity index (χ2n) is 11.2. The first-order chi connectivity index (χ1) is 17.7. The fourth-order valence-electron chi connectivity index (χ4n) is 4.98. The molecule has 3 aromatic rings. The Balaban J connectivity index is 1.89. The van der Waals surface area contributed by atoms with Crippen LogP contribution < -0.4 is 0 Å². The molecule has 1 fully saturated rings. The summed E-state index contributed by atoms with van der Waals surface area (Å²) in [7, 11) is -4.36. The monoisotopic (exact) mass is 556 g/mol. The quantitative estimate of drug-likeness (QED) is 0.426. The smallest absolute Gasteiger partial charge is 0.268 e. The summed E-state index contributed by atoms with van der Waals surface area (Å²) < 4.78 is 56.8. The number of nitriles is 1. The number of fused-ring (bicyclic) bond motifs is 1. The van der Waals surface area contributed by atoms with E-state index in [2.05, 4.69) is 11.9 Å². The highest BCUT2D eigenvalue weighted by Crippen LogP contribution is 2.34. The largest absolute Gasteiger partial charge is 0.303 e.